The molecule has 0 saturated heterocycles. The number of aromatic hydroxyl groups is 1. The summed E-state index contributed by atoms with van der Waals surface area (Å²) in [6, 6.07) is 5.47. The molecule has 0 radical (unpaired) electrons. The molecule has 2 aromatic rings. The number of amides is 1. The van der Waals surface area contributed by atoms with Crippen molar-refractivity contribution in [2.24, 2.45) is 0 Å². The molecule has 7 nitrogen and oxygen atoms in total. The van der Waals surface area contributed by atoms with E-state index in [0.717, 1.165) is 0 Å². The van der Waals surface area contributed by atoms with Crippen molar-refractivity contribution < 1.29 is 24.0 Å². The number of phenolic OH excluding ortho intramolecular Hbond substituents is 1. The van der Waals surface area contributed by atoms with Crippen LogP contribution in [0.25, 0.3) is 0 Å². The van der Waals surface area contributed by atoms with E-state index in [2.05, 4.69) is 10.5 Å². The number of ether oxygens (including phenoxy) is 1. The van der Waals surface area contributed by atoms with Crippen molar-refractivity contribution in [1.82, 2.24) is 5.16 Å². The number of benzene rings is 1. The van der Waals surface area contributed by atoms with Gasteiger partial charge in [-0.3, -0.25) is 10.1 Å². The molecule has 1 heterocycles. The monoisotopic (exact) mass is 324 g/mol. The molecule has 0 aliphatic carbocycles. The maximum absolute atomic E-state index is 11.9. The molecule has 0 aliphatic rings. The summed E-state index contributed by atoms with van der Waals surface area (Å²) in [7, 11) is 0. The number of aryl methyl sites for hydroxylation is 1. The predicted octanol–water partition coefficient (Wildman–Crippen LogP) is 2.53. The summed E-state index contributed by atoms with van der Waals surface area (Å²) < 4.78 is 9.81. The van der Waals surface area contributed by atoms with Crippen LogP contribution in [0.4, 0.5) is 5.88 Å². The average molecular weight is 325 g/mol. The van der Waals surface area contributed by atoms with E-state index in [-0.39, 0.29) is 22.2 Å². The zero-order valence-corrected chi connectivity index (χ0v) is 12.5. The fraction of sp³-hybridized carbons (Fsp3) is 0.214. The maximum atomic E-state index is 11.9. The molecule has 0 unspecified atom stereocenters. The van der Waals surface area contributed by atoms with Gasteiger partial charge in [-0.15, -0.1) is 0 Å². The second kappa shape index (κ2) is 6.48. The van der Waals surface area contributed by atoms with Gasteiger partial charge in [0.25, 0.3) is 5.91 Å². The number of halogens is 1. The quantitative estimate of drug-likeness (QED) is 0.838. The lowest BCUT2D eigenvalue weighted by molar-refractivity contribution is -0.123. The zero-order chi connectivity index (χ0) is 16.3. The minimum atomic E-state index is -1.09. The van der Waals surface area contributed by atoms with Gasteiger partial charge in [-0.25, -0.2) is 4.79 Å². The van der Waals surface area contributed by atoms with Gasteiger partial charge in [-0.1, -0.05) is 16.8 Å². The molecule has 0 bridgehead atoms. The van der Waals surface area contributed by atoms with E-state index in [1.807, 2.05) is 0 Å². The van der Waals surface area contributed by atoms with Gasteiger partial charge < -0.3 is 14.4 Å². The summed E-state index contributed by atoms with van der Waals surface area (Å²) in [5.41, 5.74) is 0.519. The number of carbonyl (C=O) groups excluding carboxylic acids is 2. The number of nitrogens with zero attached hydrogens (tertiary/aromatic N) is 1. The number of hydrogen-bond acceptors (Lipinski definition) is 6. The minimum Gasteiger partial charge on any atom is -0.507 e. The normalized spacial score (nSPS) is 11.8. The number of rotatable bonds is 4. The van der Waals surface area contributed by atoms with Crippen LogP contribution in [0.5, 0.6) is 5.75 Å². The van der Waals surface area contributed by atoms with E-state index in [1.54, 1.807) is 6.92 Å². The average Bonchev–Trinajstić information content (AvgIpc) is 2.83. The predicted molar refractivity (Wildman–Crippen MR) is 77.9 cm³/mol. The SMILES string of the molecule is Cc1cc(NC(=O)[C@@H](C)OC(=O)c2ccc(Cl)cc2O)on1. The van der Waals surface area contributed by atoms with Crippen molar-refractivity contribution in [1.29, 1.82) is 0 Å². The second-order valence-corrected chi connectivity index (χ2v) is 4.97. The topological polar surface area (TPSA) is 102 Å². The Balaban J connectivity index is 1.99. The number of carbonyl (C=O) groups is 2. The Morgan fingerprint density at radius 3 is 2.73 bits per heavy atom. The van der Waals surface area contributed by atoms with Crippen LogP contribution < -0.4 is 5.32 Å². The summed E-state index contributed by atoms with van der Waals surface area (Å²) in [5, 5.41) is 15.9. The molecule has 0 aliphatic heterocycles. The molecule has 2 N–H and O–H groups in total. The van der Waals surface area contributed by atoms with E-state index in [1.165, 1.54) is 31.2 Å². The van der Waals surface area contributed by atoms with Crippen molar-refractivity contribution in [3.8, 4) is 5.75 Å². The third kappa shape index (κ3) is 3.76. The summed E-state index contributed by atoms with van der Waals surface area (Å²) in [6.45, 7) is 3.09. The highest BCUT2D eigenvalue weighted by Crippen LogP contribution is 2.23. The molecule has 1 atom stereocenters. The van der Waals surface area contributed by atoms with E-state index in [9.17, 15) is 14.7 Å². The Morgan fingerprint density at radius 1 is 1.41 bits per heavy atom. The van der Waals surface area contributed by atoms with Gasteiger partial charge >= 0.3 is 5.97 Å². The molecule has 0 fully saturated rings. The van der Waals surface area contributed by atoms with Gasteiger partial charge in [0.2, 0.25) is 5.88 Å². The van der Waals surface area contributed by atoms with Crippen molar-refractivity contribution in [2.75, 3.05) is 5.32 Å². The molecular weight excluding hydrogens is 312 g/mol. The largest absolute Gasteiger partial charge is 0.507 e. The number of esters is 1. The van der Waals surface area contributed by atoms with Gasteiger partial charge in [0.15, 0.2) is 6.10 Å². The first-order valence-corrected chi connectivity index (χ1v) is 6.68. The van der Waals surface area contributed by atoms with Crippen LogP contribution in [0, 0.1) is 6.92 Å². The van der Waals surface area contributed by atoms with Crippen molar-refractivity contribution >= 4 is 29.4 Å². The van der Waals surface area contributed by atoms with E-state index in [0.29, 0.717) is 5.69 Å². The van der Waals surface area contributed by atoms with E-state index in [4.69, 9.17) is 20.9 Å². The Kier molecular flexibility index (Phi) is 4.67. The number of aromatic nitrogens is 1. The summed E-state index contributed by atoms with van der Waals surface area (Å²) in [5.74, 6) is -1.60. The first-order valence-electron chi connectivity index (χ1n) is 6.30. The minimum absolute atomic E-state index is 0.0837. The fourth-order valence-corrected chi connectivity index (χ4v) is 1.77. The molecule has 1 aromatic heterocycles. The molecule has 8 heteroatoms. The first kappa shape index (κ1) is 15.8. The molecule has 0 spiro atoms. The van der Waals surface area contributed by atoms with Gasteiger partial charge in [0, 0.05) is 11.1 Å². The standard InChI is InChI=1S/C14H13ClN2O5/c1-7-5-12(22-17-7)16-13(19)8(2)21-14(20)10-4-3-9(15)6-11(10)18/h3-6,8,18H,1-2H3,(H,16,19)/t8-/m1/s1. The molecule has 22 heavy (non-hydrogen) atoms. The number of phenols is 1. The van der Waals surface area contributed by atoms with E-state index >= 15 is 0 Å². The lowest BCUT2D eigenvalue weighted by atomic mass is 10.2. The van der Waals surface area contributed by atoms with Crippen LogP contribution in [0.15, 0.2) is 28.8 Å². The molecule has 0 saturated carbocycles. The van der Waals surface area contributed by atoms with Gasteiger partial charge in [0.1, 0.15) is 11.3 Å². The molecule has 2 rings (SSSR count). The van der Waals surface area contributed by atoms with Crippen molar-refractivity contribution in [2.45, 2.75) is 20.0 Å². The maximum Gasteiger partial charge on any atom is 0.342 e. The summed E-state index contributed by atoms with van der Waals surface area (Å²) in [4.78, 5) is 23.8. The molecule has 1 amide bonds. The lowest BCUT2D eigenvalue weighted by Crippen LogP contribution is -2.29. The third-order valence-corrected chi connectivity index (χ3v) is 2.94. The number of anilines is 1. The van der Waals surface area contributed by atoms with Crippen LogP contribution in [0.1, 0.15) is 23.0 Å². The Hall–Kier alpha value is -2.54. The van der Waals surface area contributed by atoms with Gasteiger partial charge in [0.05, 0.1) is 5.69 Å². The Bertz CT molecular complexity index is 713. The van der Waals surface area contributed by atoms with Crippen LogP contribution >= 0.6 is 11.6 Å². The van der Waals surface area contributed by atoms with E-state index < -0.39 is 18.0 Å². The van der Waals surface area contributed by atoms with Crippen molar-refractivity contribution in [3.05, 3.63) is 40.5 Å². The van der Waals surface area contributed by atoms with Gasteiger partial charge in [-0.2, -0.15) is 0 Å². The molecular formula is C14H13ClN2O5. The first-order chi connectivity index (χ1) is 10.4. The summed E-state index contributed by atoms with van der Waals surface area (Å²) in [6.07, 6.45) is -1.09. The number of nitrogens with one attached hydrogen (secondary N) is 1. The fourth-order valence-electron chi connectivity index (χ4n) is 1.60. The summed E-state index contributed by atoms with van der Waals surface area (Å²) >= 11 is 5.68. The molecule has 116 valence electrons. The zero-order valence-electron chi connectivity index (χ0n) is 11.8. The lowest BCUT2D eigenvalue weighted by Gasteiger charge is -2.12. The number of hydrogen-bond donors (Lipinski definition) is 2. The van der Waals surface area contributed by atoms with Crippen LogP contribution in [-0.4, -0.2) is 28.2 Å². The van der Waals surface area contributed by atoms with Crippen LogP contribution in [-0.2, 0) is 9.53 Å². The highest BCUT2D eigenvalue weighted by Gasteiger charge is 2.22. The van der Waals surface area contributed by atoms with Crippen molar-refractivity contribution in [3.63, 3.8) is 0 Å². The Morgan fingerprint density at radius 2 is 2.14 bits per heavy atom. The third-order valence-electron chi connectivity index (χ3n) is 2.71. The smallest absolute Gasteiger partial charge is 0.342 e. The highest BCUT2D eigenvalue weighted by molar-refractivity contribution is 6.30. The molecule has 1 aromatic carbocycles. The van der Waals surface area contributed by atoms with Gasteiger partial charge in [-0.05, 0) is 32.0 Å². The van der Waals surface area contributed by atoms with Crippen LogP contribution in [0.3, 0.4) is 0 Å². The Labute approximate surface area is 130 Å². The highest BCUT2D eigenvalue weighted by atomic mass is 35.5. The van der Waals surface area contributed by atoms with Crippen LogP contribution in [0.2, 0.25) is 5.02 Å². The second-order valence-electron chi connectivity index (χ2n) is 4.53.